The summed E-state index contributed by atoms with van der Waals surface area (Å²) in [4.78, 5) is 35.1. The van der Waals surface area contributed by atoms with Crippen LogP contribution in [0.15, 0.2) is 52.7 Å². The summed E-state index contributed by atoms with van der Waals surface area (Å²) in [5, 5.41) is 5.38. The molecular formula is C19H18N4O3S. The van der Waals surface area contributed by atoms with Crippen molar-refractivity contribution in [3.8, 4) is 11.3 Å². The minimum Gasteiger partial charge on any atom is -0.459 e. The van der Waals surface area contributed by atoms with Gasteiger partial charge in [-0.1, -0.05) is 0 Å². The first kappa shape index (κ1) is 17.4. The Balaban J connectivity index is 1.32. The number of anilines is 1. The first-order chi connectivity index (χ1) is 13.2. The molecule has 8 heteroatoms. The molecule has 1 aliphatic rings. The zero-order valence-corrected chi connectivity index (χ0v) is 15.3. The van der Waals surface area contributed by atoms with E-state index in [1.165, 1.54) is 17.6 Å². The fourth-order valence-electron chi connectivity index (χ4n) is 3.09. The predicted molar refractivity (Wildman–Crippen MR) is 101 cm³/mol. The Labute approximate surface area is 160 Å². The van der Waals surface area contributed by atoms with Gasteiger partial charge >= 0.3 is 0 Å². The van der Waals surface area contributed by atoms with Crippen LogP contribution in [0, 0.1) is 5.92 Å². The molecule has 4 heterocycles. The van der Waals surface area contributed by atoms with E-state index in [1.54, 1.807) is 29.4 Å². The highest BCUT2D eigenvalue weighted by Crippen LogP contribution is 2.26. The average Bonchev–Trinajstić information content (AvgIpc) is 3.40. The maximum Gasteiger partial charge on any atom is 0.289 e. The van der Waals surface area contributed by atoms with Crippen LogP contribution in [-0.2, 0) is 4.79 Å². The molecule has 3 aromatic rings. The molecule has 27 heavy (non-hydrogen) atoms. The summed E-state index contributed by atoms with van der Waals surface area (Å²) in [7, 11) is 0. The van der Waals surface area contributed by atoms with Crippen molar-refractivity contribution in [1.82, 2.24) is 14.9 Å². The average molecular weight is 382 g/mol. The van der Waals surface area contributed by atoms with Gasteiger partial charge in [0, 0.05) is 42.3 Å². The Kier molecular flexibility index (Phi) is 4.97. The summed E-state index contributed by atoms with van der Waals surface area (Å²) in [6, 6.07) is 7.13. The molecule has 0 aromatic carbocycles. The Morgan fingerprint density at radius 3 is 2.78 bits per heavy atom. The molecule has 138 valence electrons. The van der Waals surface area contributed by atoms with Crippen molar-refractivity contribution in [2.75, 3.05) is 18.4 Å². The van der Waals surface area contributed by atoms with Gasteiger partial charge in [0.1, 0.15) is 0 Å². The molecule has 2 amide bonds. The summed E-state index contributed by atoms with van der Waals surface area (Å²) in [6.45, 7) is 1.08. The van der Waals surface area contributed by atoms with E-state index in [-0.39, 0.29) is 17.7 Å². The van der Waals surface area contributed by atoms with Gasteiger partial charge in [-0.25, -0.2) is 4.98 Å². The van der Waals surface area contributed by atoms with Gasteiger partial charge in [0.2, 0.25) is 5.91 Å². The summed E-state index contributed by atoms with van der Waals surface area (Å²) >= 11 is 1.39. The number of hydrogen-bond donors (Lipinski definition) is 1. The minimum absolute atomic E-state index is 0.0489. The number of aromatic nitrogens is 2. The van der Waals surface area contributed by atoms with Gasteiger partial charge in [-0.2, -0.15) is 0 Å². The Morgan fingerprint density at radius 2 is 2.07 bits per heavy atom. The van der Waals surface area contributed by atoms with Crippen molar-refractivity contribution < 1.29 is 14.0 Å². The number of nitrogens with one attached hydrogen (secondary N) is 1. The fraction of sp³-hybridized carbons (Fsp3) is 0.263. The van der Waals surface area contributed by atoms with Crippen LogP contribution in [0.3, 0.4) is 0 Å². The third kappa shape index (κ3) is 3.90. The predicted octanol–water partition coefficient (Wildman–Crippen LogP) is 3.29. The number of carbonyl (C=O) groups is 2. The fourth-order valence-corrected chi connectivity index (χ4v) is 3.81. The lowest BCUT2D eigenvalue weighted by atomic mass is 9.96. The highest BCUT2D eigenvalue weighted by molar-refractivity contribution is 7.14. The number of amides is 2. The summed E-state index contributed by atoms with van der Waals surface area (Å²) in [5.74, 6) is 0.0343. The van der Waals surface area contributed by atoms with Crippen LogP contribution < -0.4 is 5.32 Å². The van der Waals surface area contributed by atoms with E-state index in [9.17, 15) is 9.59 Å². The molecule has 1 aliphatic heterocycles. The normalized spacial score (nSPS) is 14.9. The quantitative estimate of drug-likeness (QED) is 0.748. The lowest BCUT2D eigenvalue weighted by Crippen LogP contribution is -2.41. The van der Waals surface area contributed by atoms with E-state index >= 15 is 0 Å². The first-order valence-electron chi connectivity index (χ1n) is 8.70. The highest BCUT2D eigenvalue weighted by Gasteiger charge is 2.29. The van der Waals surface area contributed by atoms with Crippen LogP contribution in [0.25, 0.3) is 11.3 Å². The highest BCUT2D eigenvalue weighted by atomic mass is 32.1. The van der Waals surface area contributed by atoms with Crippen molar-refractivity contribution in [2.24, 2.45) is 5.92 Å². The van der Waals surface area contributed by atoms with Crippen LogP contribution >= 0.6 is 11.3 Å². The van der Waals surface area contributed by atoms with E-state index in [2.05, 4.69) is 15.3 Å². The van der Waals surface area contributed by atoms with Gasteiger partial charge in [0.25, 0.3) is 5.91 Å². The van der Waals surface area contributed by atoms with Gasteiger partial charge in [0.05, 0.1) is 12.0 Å². The van der Waals surface area contributed by atoms with E-state index < -0.39 is 0 Å². The smallest absolute Gasteiger partial charge is 0.289 e. The first-order valence-corrected chi connectivity index (χ1v) is 9.58. The Hall–Kier alpha value is -3.00. The van der Waals surface area contributed by atoms with Gasteiger partial charge in [-0.3, -0.25) is 14.6 Å². The summed E-state index contributed by atoms with van der Waals surface area (Å²) in [5.41, 5.74) is 1.71. The molecule has 0 atom stereocenters. The van der Waals surface area contributed by atoms with Crippen molar-refractivity contribution in [3.05, 3.63) is 54.1 Å². The second-order valence-electron chi connectivity index (χ2n) is 6.31. The van der Waals surface area contributed by atoms with Crippen LogP contribution in [0.4, 0.5) is 5.13 Å². The van der Waals surface area contributed by atoms with Crippen LogP contribution in [-0.4, -0.2) is 39.8 Å². The minimum atomic E-state index is -0.128. The second-order valence-corrected chi connectivity index (χ2v) is 7.17. The monoisotopic (exact) mass is 382 g/mol. The topological polar surface area (TPSA) is 88.3 Å². The largest absolute Gasteiger partial charge is 0.459 e. The molecular weight excluding hydrogens is 364 g/mol. The molecule has 0 bridgehead atoms. The molecule has 0 radical (unpaired) electrons. The standard InChI is InChI=1S/C19H18N4O3S/c24-17(22-19-21-15(12-27-19)14-3-1-7-20-11-14)13-5-8-23(9-6-13)18(25)16-4-2-10-26-16/h1-4,7,10-13H,5-6,8-9H2,(H,21,22,24). The number of piperidine rings is 1. The van der Waals surface area contributed by atoms with Crippen molar-refractivity contribution in [1.29, 1.82) is 0 Å². The van der Waals surface area contributed by atoms with Crippen LogP contribution in [0.2, 0.25) is 0 Å². The summed E-state index contributed by atoms with van der Waals surface area (Å²) < 4.78 is 5.16. The molecule has 0 aliphatic carbocycles. The lowest BCUT2D eigenvalue weighted by molar-refractivity contribution is -0.121. The van der Waals surface area contributed by atoms with Crippen molar-refractivity contribution in [2.45, 2.75) is 12.8 Å². The zero-order chi connectivity index (χ0) is 18.6. The van der Waals surface area contributed by atoms with Crippen LogP contribution in [0.1, 0.15) is 23.4 Å². The molecule has 4 rings (SSSR count). The maximum atomic E-state index is 12.5. The van der Waals surface area contributed by atoms with E-state index in [4.69, 9.17) is 4.42 Å². The third-order valence-corrected chi connectivity index (χ3v) is 5.33. The number of carbonyl (C=O) groups excluding carboxylic acids is 2. The van der Waals surface area contributed by atoms with E-state index in [1.807, 2.05) is 17.5 Å². The lowest BCUT2D eigenvalue weighted by Gasteiger charge is -2.30. The molecule has 1 saturated heterocycles. The summed E-state index contributed by atoms with van der Waals surface area (Å²) in [6.07, 6.45) is 6.19. The molecule has 3 aromatic heterocycles. The molecule has 1 fully saturated rings. The Bertz CT molecular complexity index is 916. The van der Waals surface area contributed by atoms with Gasteiger partial charge in [-0.15, -0.1) is 11.3 Å². The SMILES string of the molecule is O=C(Nc1nc(-c2cccnc2)cs1)C1CCN(C(=O)c2ccco2)CC1. The molecule has 0 spiro atoms. The van der Waals surface area contributed by atoms with Gasteiger partial charge in [-0.05, 0) is 37.1 Å². The number of pyridine rings is 1. The van der Waals surface area contributed by atoms with Gasteiger partial charge in [0.15, 0.2) is 10.9 Å². The number of hydrogen-bond acceptors (Lipinski definition) is 6. The number of furan rings is 1. The van der Waals surface area contributed by atoms with E-state index in [0.717, 1.165) is 11.3 Å². The Morgan fingerprint density at radius 1 is 1.22 bits per heavy atom. The number of likely N-dealkylation sites (tertiary alicyclic amines) is 1. The van der Waals surface area contributed by atoms with Crippen molar-refractivity contribution >= 4 is 28.3 Å². The maximum absolute atomic E-state index is 12.5. The second kappa shape index (κ2) is 7.71. The van der Waals surface area contributed by atoms with Gasteiger partial charge < -0.3 is 14.6 Å². The van der Waals surface area contributed by atoms with Crippen LogP contribution in [0.5, 0.6) is 0 Å². The molecule has 0 saturated carbocycles. The van der Waals surface area contributed by atoms with Crippen molar-refractivity contribution in [3.63, 3.8) is 0 Å². The molecule has 0 unspecified atom stereocenters. The van der Waals surface area contributed by atoms with E-state index in [0.29, 0.717) is 36.8 Å². The number of rotatable bonds is 4. The zero-order valence-electron chi connectivity index (χ0n) is 14.5. The number of thiazole rings is 1. The third-order valence-electron chi connectivity index (χ3n) is 4.58. The number of nitrogens with zero attached hydrogens (tertiary/aromatic N) is 3. The molecule has 7 nitrogen and oxygen atoms in total. The molecule has 1 N–H and O–H groups in total.